The van der Waals surface area contributed by atoms with Gasteiger partial charge in [-0.05, 0) is 26.0 Å². The third kappa shape index (κ3) is 3.21. The van der Waals surface area contributed by atoms with Gasteiger partial charge in [0, 0.05) is 11.1 Å². The fourth-order valence-electron chi connectivity index (χ4n) is 1.58. The van der Waals surface area contributed by atoms with E-state index in [9.17, 15) is 14.7 Å². The highest BCUT2D eigenvalue weighted by Gasteiger charge is 2.19. The number of aromatic carboxylic acids is 1. The summed E-state index contributed by atoms with van der Waals surface area (Å²) in [7, 11) is 0. The second-order valence-corrected chi connectivity index (χ2v) is 5.33. The lowest BCUT2D eigenvalue weighted by Crippen LogP contribution is -2.23. The van der Waals surface area contributed by atoms with Crippen LogP contribution in [0.25, 0.3) is 0 Å². The summed E-state index contributed by atoms with van der Waals surface area (Å²) < 4.78 is 0. The Labute approximate surface area is 120 Å². The number of hydrogen-bond donors (Lipinski definition) is 1. The van der Waals surface area contributed by atoms with Crippen molar-refractivity contribution in [2.45, 2.75) is 19.8 Å². The molecule has 1 aromatic heterocycles. The predicted molar refractivity (Wildman–Crippen MR) is 74.7 cm³/mol. The van der Waals surface area contributed by atoms with Crippen molar-refractivity contribution in [3.63, 3.8) is 0 Å². The van der Waals surface area contributed by atoms with Crippen molar-refractivity contribution in [3.05, 3.63) is 45.9 Å². The van der Waals surface area contributed by atoms with Crippen molar-refractivity contribution in [2.75, 3.05) is 5.32 Å². The summed E-state index contributed by atoms with van der Waals surface area (Å²) in [6.07, 6.45) is 0. The molecular formula is C14H13N2O3S-. The largest absolute Gasteiger partial charge is 0.543 e. The molecule has 0 spiro atoms. The topological polar surface area (TPSA) is 82.1 Å². The highest BCUT2D eigenvalue weighted by Crippen LogP contribution is 2.21. The van der Waals surface area contributed by atoms with Crippen LogP contribution < -0.4 is 10.4 Å². The number of hydrogen-bond acceptors (Lipinski definition) is 5. The molecule has 2 rings (SSSR count). The average molecular weight is 289 g/mol. The van der Waals surface area contributed by atoms with Gasteiger partial charge in [0.05, 0.1) is 17.6 Å². The fourth-order valence-corrected chi connectivity index (χ4v) is 2.42. The molecule has 0 aliphatic heterocycles. The second-order valence-electron chi connectivity index (χ2n) is 4.44. The smallest absolute Gasteiger partial charge is 0.234 e. The molecule has 1 N–H and O–H groups in total. The number of rotatable bonds is 4. The van der Waals surface area contributed by atoms with E-state index in [1.807, 2.05) is 31.2 Å². The number of anilines is 1. The van der Waals surface area contributed by atoms with Crippen LogP contribution in [0.4, 0.5) is 5.69 Å². The molecule has 6 heteroatoms. The van der Waals surface area contributed by atoms with E-state index in [0.717, 1.165) is 16.9 Å². The molecule has 0 unspecified atom stereocenters. The molecular weight excluding hydrogens is 276 g/mol. The quantitative estimate of drug-likeness (QED) is 0.926. The minimum absolute atomic E-state index is 0.139. The molecule has 0 radical (unpaired) electrons. The van der Waals surface area contributed by atoms with E-state index >= 15 is 0 Å². The van der Waals surface area contributed by atoms with Gasteiger partial charge < -0.3 is 15.2 Å². The van der Waals surface area contributed by atoms with Crippen LogP contribution in [0.2, 0.25) is 0 Å². The van der Waals surface area contributed by atoms with Gasteiger partial charge in [0.15, 0.2) is 0 Å². The fraction of sp³-hybridized carbons (Fsp3) is 0.214. The molecule has 0 saturated carbocycles. The van der Waals surface area contributed by atoms with E-state index in [4.69, 9.17) is 0 Å². The van der Waals surface area contributed by atoms with Gasteiger partial charge in [-0.25, -0.2) is 4.98 Å². The summed E-state index contributed by atoms with van der Waals surface area (Å²) >= 11 is 1.13. The minimum Gasteiger partial charge on any atom is -0.543 e. The van der Waals surface area contributed by atoms with E-state index < -0.39 is 11.9 Å². The van der Waals surface area contributed by atoms with E-state index in [1.165, 1.54) is 5.38 Å². The molecule has 0 aliphatic rings. The Morgan fingerprint density at radius 3 is 2.50 bits per heavy atom. The van der Waals surface area contributed by atoms with E-state index in [2.05, 4.69) is 10.3 Å². The van der Waals surface area contributed by atoms with Crippen LogP contribution in [0.3, 0.4) is 0 Å². The van der Waals surface area contributed by atoms with Gasteiger partial charge in [0.2, 0.25) is 5.91 Å². The van der Waals surface area contributed by atoms with Crippen molar-refractivity contribution < 1.29 is 14.7 Å². The lowest BCUT2D eigenvalue weighted by Gasteiger charge is -2.10. The third-order valence-corrected chi connectivity index (χ3v) is 3.84. The molecule has 20 heavy (non-hydrogen) atoms. The third-order valence-electron chi connectivity index (χ3n) is 2.81. The Hall–Kier alpha value is -2.21. The van der Waals surface area contributed by atoms with Gasteiger partial charge in [0.25, 0.3) is 0 Å². The van der Waals surface area contributed by atoms with Crippen LogP contribution in [0.1, 0.15) is 33.9 Å². The number of carboxylic acids is 1. The molecule has 0 aliphatic carbocycles. The summed E-state index contributed by atoms with van der Waals surface area (Å²) in [6.45, 7) is 3.65. The Morgan fingerprint density at radius 2 is 1.95 bits per heavy atom. The molecule has 1 heterocycles. The molecule has 1 aromatic carbocycles. The zero-order chi connectivity index (χ0) is 14.7. The summed E-state index contributed by atoms with van der Waals surface area (Å²) in [4.78, 5) is 26.6. The first-order valence-corrected chi connectivity index (χ1v) is 6.89. The van der Waals surface area contributed by atoms with Crippen LogP contribution in [0.5, 0.6) is 0 Å². The van der Waals surface area contributed by atoms with E-state index in [-0.39, 0.29) is 11.6 Å². The van der Waals surface area contributed by atoms with E-state index in [0.29, 0.717) is 10.7 Å². The van der Waals surface area contributed by atoms with Gasteiger partial charge >= 0.3 is 0 Å². The standard InChI is InChI=1S/C14H14N2O3S/c1-8-3-5-10(6-4-8)15-12(17)9(2)13-16-11(7-20-13)14(18)19/h3-7,9H,1-2H3,(H,15,17)(H,18,19)/p-1/t9-/m1/s1. The number of carboxylic acid groups (broad SMARTS) is 1. The van der Waals surface area contributed by atoms with Crippen molar-refractivity contribution in [2.24, 2.45) is 0 Å². The van der Waals surface area contributed by atoms with E-state index in [1.54, 1.807) is 6.92 Å². The summed E-state index contributed by atoms with van der Waals surface area (Å²) in [6, 6.07) is 7.43. The summed E-state index contributed by atoms with van der Waals surface area (Å²) in [5.74, 6) is -2.08. The average Bonchev–Trinajstić information content (AvgIpc) is 2.90. The molecule has 0 saturated heterocycles. The lowest BCUT2D eigenvalue weighted by molar-refractivity contribution is -0.255. The second kappa shape index (κ2) is 5.83. The molecule has 0 fully saturated rings. The number of nitrogens with one attached hydrogen (secondary N) is 1. The van der Waals surface area contributed by atoms with Gasteiger partial charge in [0.1, 0.15) is 5.01 Å². The van der Waals surface area contributed by atoms with Crippen LogP contribution in [0.15, 0.2) is 29.6 Å². The van der Waals surface area contributed by atoms with Gasteiger partial charge in [-0.15, -0.1) is 11.3 Å². The van der Waals surface area contributed by atoms with Crippen molar-refractivity contribution in [1.82, 2.24) is 4.98 Å². The summed E-state index contributed by atoms with van der Waals surface area (Å²) in [5, 5.41) is 15.3. The minimum atomic E-state index is -1.33. The first-order chi connectivity index (χ1) is 9.47. The normalized spacial score (nSPS) is 11.9. The molecule has 2 aromatic rings. The Morgan fingerprint density at radius 1 is 1.30 bits per heavy atom. The van der Waals surface area contributed by atoms with Crippen LogP contribution in [0, 0.1) is 6.92 Å². The first kappa shape index (κ1) is 14.2. The number of thiazole rings is 1. The zero-order valence-electron chi connectivity index (χ0n) is 11.0. The number of aryl methyl sites for hydroxylation is 1. The number of amides is 1. The number of benzene rings is 1. The molecule has 104 valence electrons. The molecule has 0 bridgehead atoms. The molecule has 5 nitrogen and oxygen atoms in total. The number of carbonyl (C=O) groups is 2. The number of nitrogens with zero attached hydrogens (tertiary/aromatic N) is 1. The number of carbonyl (C=O) groups excluding carboxylic acids is 2. The maximum Gasteiger partial charge on any atom is 0.234 e. The van der Waals surface area contributed by atoms with Gasteiger partial charge in [-0.1, -0.05) is 17.7 Å². The van der Waals surface area contributed by atoms with Crippen molar-refractivity contribution in [1.29, 1.82) is 0 Å². The van der Waals surface area contributed by atoms with Crippen LogP contribution in [-0.4, -0.2) is 16.9 Å². The van der Waals surface area contributed by atoms with Crippen LogP contribution >= 0.6 is 11.3 Å². The monoisotopic (exact) mass is 289 g/mol. The number of aromatic nitrogens is 1. The Balaban J connectivity index is 2.07. The maximum absolute atomic E-state index is 12.1. The molecule has 1 amide bonds. The highest BCUT2D eigenvalue weighted by atomic mass is 32.1. The van der Waals surface area contributed by atoms with Crippen LogP contribution in [-0.2, 0) is 4.79 Å². The van der Waals surface area contributed by atoms with Crippen molar-refractivity contribution >= 4 is 28.9 Å². The highest BCUT2D eigenvalue weighted by molar-refractivity contribution is 7.10. The zero-order valence-corrected chi connectivity index (χ0v) is 11.9. The lowest BCUT2D eigenvalue weighted by atomic mass is 10.1. The predicted octanol–water partition coefficient (Wildman–Crippen LogP) is 1.56. The SMILES string of the molecule is Cc1ccc(NC(=O)[C@@H](C)c2nc(C(=O)[O-])cs2)cc1. The Kier molecular flexibility index (Phi) is 4.14. The molecule has 1 atom stereocenters. The maximum atomic E-state index is 12.1. The summed E-state index contributed by atoms with van der Waals surface area (Å²) in [5.41, 5.74) is 1.67. The van der Waals surface area contributed by atoms with Gasteiger partial charge in [-0.2, -0.15) is 0 Å². The van der Waals surface area contributed by atoms with Gasteiger partial charge in [-0.3, -0.25) is 4.79 Å². The first-order valence-electron chi connectivity index (χ1n) is 6.01. The Bertz CT molecular complexity index is 634. The van der Waals surface area contributed by atoms with Crippen molar-refractivity contribution in [3.8, 4) is 0 Å².